The third-order valence-corrected chi connectivity index (χ3v) is 6.28. The Morgan fingerprint density at radius 1 is 0.903 bits per heavy atom. The standard InChI is InChI=1S/C25H27FN2O3/c26-21-11-7-18(8-12-21)15-16-27(22-3-1-2-4-22)25(31)20-9-5-19(6-10-20)17-28-23(29)13-14-24(28)30/h5-12,22H,1-4,13-17H2. The highest BCUT2D eigenvalue weighted by molar-refractivity contribution is 6.01. The van der Waals surface area contributed by atoms with Gasteiger partial charge in [0.25, 0.3) is 5.91 Å². The van der Waals surface area contributed by atoms with Gasteiger partial charge in [-0.2, -0.15) is 0 Å². The monoisotopic (exact) mass is 422 g/mol. The summed E-state index contributed by atoms with van der Waals surface area (Å²) < 4.78 is 13.2. The summed E-state index contributed by atoms with van der Waals surface area (Å²) in [5.41, 5.74) is 2.44. The van der Waals surface area contributed by atoms with E-state index >= 15 is 0 Å². The second-order valence-corrected chi connectivity index (χ2v) is 8.38. The molecule has 4 rings (SSSR count). The van der Waals surface area contributed by atoms with Crippen molar-refractivity contribution in [1.29, 1.82) is 0 Å². The van der Waals surface area contributed by atoms with Crippen LogP contribution in [0.4, 0.5) is 4.39 Å². The highest BCUT2D eigenvalue weighted by Crippen LogP contribution is 2.26. The van der Waals surface area contributed by atoms with Crippen LogP contribution in [-0.2, 0) is 22.6 Å². The van der Waals surface area contributed by atoms with Crippen molar-refractivity contribution in [2.24, 2.45) is 0 Å². The molecule has 1 aliphatic heterocycles. The topological polar surface area (TPSA) is 57.7 Å². The number of carbonyl (C=O) groups excluding carboxylic acids is 3. The number of imide groups is 1. The van der Waals surface area contributed by atoms with Crippen molar-refractivity contribution >= 4 is 17.7 Å². The van der Waals surface area contributed by atoms with Gasteiger partial charge in [-0.15, -0.1) is 0 Å². The summed E-state index contributed by atoms with van der Waals surface area (Å²) in [6.45, 7) is 0.844. The summed E-state index contributed by atoms with van der Waals surface area (Å²) in [6, 6.07) is 13.9. The molecule has 2 fully saturated rings. The van der Waals surface area contributed by atoms with Gasteiger partial charge in [-0.3, -0.25) is 19.3 Å². The van der Waals surface area contributed by atoms with Crippen LogP contribution in [-0.4, -0.2) is 40.1 Å². The second-order valence-electron chi connectivity index (χ2n) is 8.38. The molecule has 3 amide bonds. The molecule has 0 aromatic heterocycles. The molecule has 0 unspecified atom stereocenters. The predicted octanol–water partition coefficient (Wildman–Crippen LogP) is 4.10. The molecular weight excluding hydrogens is 395 g/mol. The Bertz CT molecular complexity index is 934. The SMILES string of the molecule is O=C1CCC(=O)N1Cc1ccc(C(=O)N(CCc2ccc(F)cc2)C2CCCC2)cc1. The minimum atomic E-state index is -0.259. The fourth-order valence-electron chi connectivity index (χ4n) is 4.47. The first-order valence-corrected chi connectivity index (χ1v) is 11.0. The molecule has 0 bridgehead atoms. The normalized spacial score (nSPS) is 16.9. The first-order chi connectivity index (χ1) is 15.0. The highest BCUT2D eigenvalue weighted by atomic mass is 19.1. The number of likely N-dealkylation sites (tertiary alicyclic amines) is 1. The average molecular weight is 423 g/mol. The lowest BCUT2D eigenvalue weighted by molar-refractivity contribution is -0.139. The number of amides is 3. The van der Waals surface area contributed by atoms with Gasteiger partial charge in [0.1, 0.15) is 5.82 Å². The molecule has 0 spiro atoms. The molecule has 0 radical (unpaired) electrons. The summed E-state index contributed by atoms with van der Waals surface area (Å²) in [5.74, 6) is -0.546. The molecule has 31 heavy (non-hydrogen) atoms. The average Bonchev–Trinajstić information content (AvgIpc) is 3.42. The van der Waals surface area contributed by atoms with Crippen molar-refractivity contribution < 1.29 is 18.8 Å². The fraction of sp³-hybridized carbons (Fsp3) is 0.400. The fourth-order valence-corrected chi connectivity index (χ4v) is 4.47. The number of rotatable bonds is 7. The molecule has 6 heteroatoms. The molecular formula is C25H27FN2O3. The number of nitrogens with zero attached hydrogens (tertiary/aromatic N) is 2. The van der Waals surface area contributed by atoms with E-state index < -0.39 is 0 Å². The first kappa shape index (κ1) is 21.2. The first-order valence-electron chi connectivity index (χ1n) is 11.0. The van der Waals surface area contributed by atoms with Crippen molar-refractivity contribution in [3.05, 3.63) is 71.0 Å². The van der Waals surface area contributed by atoms with Gasteiger partial charge in [0.15, 0.2) is 0 Å². The lowest BCUT2D eigenvalue weighted by atomic mass is 10.1. The maximum absolute atomic E-state index is 13.3. The Balaban J connectivity index is 1.45. The number of benzene rings is 2. The van der Waals surface area contributed by atoms with Gasteiger partial charge in [-0.1, -0.05) is 37.1 Å². The molecule has 2 aromatic rings. The molecule has 1 saturated carbocycles. The van der Waals surface area contributed by atoms with Crippen LogP contribution in [0.1, 0.15) is 60.0 Å². The van der Waals surface area contributed by atoms with E-state index in [2.05, 4.69) is 0 Å². The molecule has 5 nitrogen and oxygen atoms in total. The molecule has 1 saturated heterocycles. The Morgan fingerprint density at radius 2 is 1.48 bits per heavy atom. The van der Waals surface area contributed by atoms with Gasteiger partial charge >= 0.3 is 0 Å². The minimum Gasteiger partial charge on any atom is -0.335 e. The van der Waals surface area contributed by atoms with E-state index in [0.717, 1.165) is 36.8 Å². The van der Waals surface area contributed by atoms with E-state index in [9.17, 15) is 18.8 Å². The summed E-state index contributed by atoms with van der Waals surface area (Å²) >= 11 is 0. The van der Waals surface area contributed by atoms with Gasteiger partial charge < -0.3 is 4.90 Å². The largest absolute Gasteiger partial charge is 0.335 e. The van der Waals surface area contributed by atoms with Crippen LogP contribution in [0.5, 0.6) is 0 Å². The van der Waals surface area contributed by atoms with Crippen LogP contribution in [0.2, 0.25) is 0 Å². The Morgan fingerprint density at radius 3 is 2.10 bits per heavy atom. The van der Waals surface area contributed by atoms with Crippen molar-refractivity contribution in [1.82, 2.24) is 9.80 Å². The van der Waals surface area contributed by atoms with Crippen LogP contribution in [0, 0.1) is 5.82 Å². The number of carbonyl (C=O) groups is 3. The highest BCUT2D eigenvalue weighted by Gasteiger charge is 2.29. The zero-order valence-electron chi connectivity index (χ0n) is 17.6. The van der Waals surface area contributed by atoms with Gasteiger partial charge in [0.05, 0.1) is 6.54 Å². The molecule has 1 aliphatic carbocycles. The van der Waals surface area contributed by atoms with Crippen molar-refractivity contribution in [3.63, 3.8) is 0 Å². The van der Waals surface area contributed by atoms with Crippen LogP contribution >= 0.6 is 0 Å². The van der Waals surface area contributed by atoms with Gasteiger partial charge in [0, 0.05) is 31.0 Å². The lowest BCUT2D eigenvalue weighted by Crippen LogP contribution is -2.40. The zero-order valence-corrected chi connectivity index (χ0v) is 17.6. The maximum atomic E-state index is 13.3. The van der Waals surface area contributed by atoms with Gasteiger partial charge in [-0.05, 0) is 54.7 Å². The zero-order chi connectivity index (χ0) is 21.8. The Hall–Kier alpha value is -3.02. The number of halogens is 1. The van der Waals surface area contributed by atoms with E-state index in [-0.39, 0.29) is 49.0 Å². The summed E-state index contributed by atoms with van der Waals surface area (Å²) in [4.78, 5) is 40.2. The van der Waals surface area contributed by atoms with Crippen molar-refractivity contribution in [2.75, 3.05) is 6.54 Å². The molecule has 1 heterocycles. The van der Waals surface area contributed by atoms with E-state index in [4.69, 9.17) is 0 Å². The smallest absolute Gasteiger partial charge is 0.254 e. The molecule has 2 aliphatic rings. The lowest BCUT2D eigenvalue weighted by Gasteiger charge is -2.29. The predicted molar refractivity (Wildman–Crippen MR) is 115 cm³/mol. The second kappa shape index (κ2) is 9.41. The third-order valence-electron chi connectivity index (χ3n) is 6.28. The maximum Gasteiger partial charge on any atom is 0.254 e. The van der Waals surface area contributed by atoms with Crippen LogP contribution < -0.4 is 0 Å². The van der Waals surface area contributed by atoms with E-state index in [1.165, 1.54) is 17.0 Å². The van der Waals surface area contributed by atoms with E-state index in [0.29, 0.717) is 18.5 Å². The van der Waals surface area contributed by atoms with Crippen LogP contribution in [0.3, 0.4) is 0 Å². The van der Waals surface area contributed by atoms with E-state index in [1.807, 2.05) is 17.0 Å². The Kier molecular flexibility index (Phi) is 6.44. The summed E-state index contributed by atoms with van der Waals surface area (Å²) in [5, 5.41) is 0. The van der Waals surface area contributed by atoms with Crippen LogP contribution in [0.15, 0.2) is 48.5 Å². The minimum absolute atomic E-state index is 0.00566. The summed E-state index contributed by atoms with van der Waals surface area (Å²) in [7, 11) is 0. The molecule has 162 valence electrons. The number of hydrogen-bond donors (Lipinski definition) is 0. The quantitative estimate of drug-likeness (QED) is 0.631. The summed E-state index contributed by atoms with van der Waals surface area (Å²) in [6.07, 6.45) is 5.50. The molecule has 2 aromatic carbocycles. The third kappa shape index (κ3) is 5.01. The molecule has 0 N–H and O–H groups in total. The van der Waals surface area contributed by atoms with Crippen molar-refractivity contribution in [3.8, 4) is 0 Å². The molecule has 0 atom stereocenters. The van der Waals surface area contributed by atoms with Crippen molar-refractivity contribution in [2.45, 2.75) is 57.5 Å². The van der Waals surface area contributed by atoms with Gasteiger partial charge in [-0.25, -0.2) is 4.39 Å². The number of hydrogen-bond acceptors (Lipinski definition) is 3. The Labute approximate surface area is 181 Å². The van der Waals surface area contributed by atoms with E-state index in [1.54, 1.807) is 24.3 Å². The van der Waals surface area contributed by atoms with Gasteiger partial charge in [0.2, 0.25) is 11.8 Å². The van der Waals surface area contributed by atoms with Crippen LogP contribution in [0.25, 0.3) is 0 Å².